The van der Waals surface area contributed by atoms with Crippen LogP contribution in [0.25, 0.3) is 17.0 Å². The first-order chi connectivity index (χ1) is 12.2. The summed E-state index contributed by atoms with van der Waals surface area (Å²) in [5.74, 6) is 3.08. The monoisotopic (exact) mass is 355 g/mol. The van der Waals surface area contributed by atoms with Crippen LogP contribution in [0.3, 0.4) is 0 Å². The minimum absolute atomic E-state index is 0.135. The standard InChI is InChI=1S/C17H17N5O2S/c1-11-3-4-14(24-11)13(9-23-2)18-15-5-6-16-19-20-17(22(16)21-15)12-7-8-25-10-12/h3-8,10,13H,9H2,1-2H3,(H,18,21). The first-order valence-electron chi connectivity index (χ1n) is 7.81. The fourth-order valence-corrected chi connectivity index (χ4v) is 3.25. The van der Waals surface area contributed by atoms with Crippen LogP contribution in [-0.2, 0) is 4.74 Å². The highest BCUT2D eigenvalue weighted by atomic mass is 32.1. The van der Waals surface area contributed by atoms with Crippen LogP contribution >= 0.6 is 11.3 Å². The Bertz CT molecular complexity index is 976. The quantitative estimate of drug-likeness (QED) is 0.570. The number of thiophene rings is 1. The van der Waals surface area contributed by atoms with Crippen LogP contribution < -0.4 is 5.32 Å². The van der Waals surface area contributed by atoms with Gasteiger partial charge in [0.05, 0.1) is 6.61 Å². The van der Waals surface area contributed by atoms with Crippen LogP contribution in [0.15, 0.2) is 45.5 Å². The Balaban J connectivity index is 1.67. The maximum atomic E-state index is 5.73. The van der Waals surface area contributed by atoms with Crippen LogP contribution in [0.1, 0.15) is 17.6 Å². The number of nitrogens with one attached hydrogen (secondary N) is 1. The second-order valence-corrected chi connectivity index (χ2v) is 6.40. The molecule has 0 aliphatic heterocycles. The number of furan rings is 1. The van der Waals surface area contributed by atoms with Crippen molar-refractivity contribution in [2.45, 2.75) is 13.0 Å². The lowest BCUT2D eigenvalue weighted by Crippen LogP contribution is -2.17. The van der Waals surface area contributed by atoms with Crippen LogP contribution in [0, 0.1) is 6.92 Å². The molecule has 1 unspecified atom stereocenters. The first kappa shape index (κ1) is 15.8. The lowest BCUT2D eigenvalue weighted by atomic mass is 10.2. The van der Waals surface area contributed by atoms with Crippen molar-refractivity contribution in [1.29, 1.82) is 0 Å². The maximum absolute atomic E-state index is 5.73. The van der Waals surface area contributed by atoms with E-state index in [2.05, 4.69) is 20.6 Å². The number of aryl methyl sites for hydroxylation is 1. The van der Waals surface area contributed by atoms with Gasteiger partial charge in [-0.3, -0.25) is 0 Å². The van der Waals surface area contributed by atoms with Crippen molar-refractivity contribution in [3.63, 3.8) is 0 Å². The molecule has 0 aliphatic carbocycles. The molecule has 0 bridgehead atoms. The minimum Gasteiger partial charge on any atom is -0.464 e. The van der Waals surface area contributed by atoms with Gasteiger partial charge in [0.25, 0.3) is 0 Å². The molecule has 8 heteroatoms. The molecular weight excluding hydrogens is 338 g/mol. The summed E-state index contributed by atoms with van der Waals surface area (Å²) in [6, 6.07) is 9.51. The molecule has 0 radical (unpaired) electrons. The molecule has 4 rings (SSSR count). The number of aromatic nitrogens is 4. The van der Waals surface area contributed by atoms with Crippen molar-refractivity contribution in [3.8, 4) is 11.4 Å². The minimum atomic E-state index is -0.135. The van der Waals surface area contributed by atoms with Gasteiger partial charge in [0.2, 0.25) is 0 Å². The lowest BCUT2D eigenvalue weighted by molar-refractivity contribution is 0.178. The fraction of sp³-hybridized carbons (Fsp3) is 0.235. The van der Waals surface area contributed by atoms with Crippen LogP contribution in [0.2, 0.25) is 0 Å². The second kappa shape index (κ2) is 6.66. The number of nitrogens with zero attached hydrogens (tertiary/aromatic N) is 4. The zero-order chi connectivity index (χ0) is 17.2. The van der Waals surface area contributed by atoms with E-state index in [1.807, 2.05) is 48.0 Å². The van der Waals surface area contributed by atoms with Crippen LogP contribution in [0.4, 0.5) is 5.82 Å². The third-order valence-electron chi connectivity index (χ3n) is 3.80. The molecule has 4 heterocycles. The summed E-state index contributed by atoms with van der Waals surface area (Å²) in [7, 11) is 1.66. The largest absolute Gasteiger partial charge is 0.464 e. The number of hydrogen-bond donors (Lipinski definition) is 1. The van der Waals surface area contributed by atoms with Gasteiger partial charge in [0, 0.05) is 18.1 Å². The fourth-order valence-electron chi connectivity index (χ4n) is 2.62. The van der Waals surface area contributed by atoms with E-state index in [4.69, 9.17) is 9.15 Å². The van der Waals surface area contributed by atoms with Gasteiger partial charge in [0.1, 0.15) is 23.4 Å². The van der Waals surface area contributed by atoms with E-state index in [0.29, 0.717) is 18.1 Å². The zero-order valence-corrected chi connectivity index (χ0v) is 14.7. The predicted molar refractivity (Wildman–Crippen MR) is 95.8 cm³/mol. The van der Waals surface area contributed by atoms with E-state index in [1.54, 1.807) is 23.0 Å². The third kappa shape index (κ3) is 3.13. The summed E-state index contributed by atoms with van der Waals surface area (Å²) < 4.78 is 12.8. The Kier molecular flexibility index (Phi) is 4.21. The zero-order valence-electron chi connectivity index (χ0n) is 13.8. The lowest BCUT2D eigenvalue weighted by Gasteiger charge is -2.16. The Morgan fingerprint density at radius 1 is 1.24 bits per heavy atom. The van der Waals surface area contributed by atoms with Crippen molar-refractivity contribution in [3.05, 3.63) is 52.6 Å². The van der Waals surface area contributed by atoms with Gasteiger partial charge in [-0.15, -0.1) is 15.3 Å². The SMILES string of the molecule is COCC(Nc1ccc2nnc(-c3ccsc3)n2n1)c1ccc(C)o1. The average molecular weight is 355 g/mol. The van der Waals surface area contributed by atoms with Crippen molar-refractivity contribution in [2.24, 2.45) is 0 Å². The topological polar surface area (TPSA) is 77.5 Å². The van der Waals surface area contributed by atoms with Gasteiger partial charge >= 0.3 is 0 Å². The Labute approximate surface area is 148 Å². The van der Waals surface area contributed by atoms with Gasteiger partial charge < -0.3 is 14.5 Å². The highest BCUT2D eigenvalue weighted by Gasteiger charge is 2.17. The average Bonchev–Trinajstić information content (AvgIpc) is 3.34. The Morgan fingerprint density at radius 2 is 2.16 bits per heavy atom. The second-order valence-electron chi connectivity index (χ2n) is 5.62. The van der Waals surface area contributed by atoms with E-state index in [9.17, 15) is 0 Å². The number of fused-ring (bicyclic) bond motifs is 1. The van der Waals surface area contributed by atoms with Gasteiger partial charge in [-0.1, -0.05) is 0 Å². The first-order valence-corrected chi connectivity index (χ1v) is 8.76. The molecule has 0 saturated heterocycles. The molecule has 0 spiro atoms. The number of ether oxygens (including phenoxy) is 1. The number of rotatable bonds is 6. The van der Waals surface area contributed by atoms with Gasteiger partial charge in [-0.05, 0) is 42.6 Å². The molecule has 0 aromatic carbocycles. The van der Waals surface area contributed by atoms with Gasteiger partial charge in [-0.2, -0.15) is 15.9 Å². The van der Waals surface area contributed by atoms with E-state index in [0.717, 1.165) is 22.9 Å². The van der Waals surface area contributed by atoms with E-state index in [1.165, 1.54) is 0 Å². The molecule has 0 aliphatic rings. The maximum Gasteiger partial charge on any atom is 0.186 e. The van der Waals surface area contributed by atoms with Gasteiger partial charge in [0.15, 0.2) is 11.5 Å². The summed E-state index contributed by atoms with van der Waals surface area (Å²) in [6.45, 7) is 2.38. The Hall–Kier alpha value is -2.71. The normalized spacial score (nSPS) is 12.6. The summed E-state index contributed by atoms with van der Waals surface area (Å²) in [5, 5.41) is 20.4. The van der Waals surface area contributed by atoms with Crippen molar-refractivity contribution in [1.82, 2.24) is 19.8 Å². The van der Waals surface area contributed by atoms with Crippen molar-refractivity contribution >= 4 is 22.8 Å². The smallest absolute Gasteiger partial charge is 0.186 e. The molecule has 0 saturated carbocycles. The van der Waals surface area contributed by atoms with Crippen LogP contribution in [0.5, 0.6) is 0 Å². The van der Waals surface area contributed by atoms with Crippen LogP contribution in [-0.4, -0.2) is 33.5 Å². The van der Waals surface area contributed by atoms with E-state index in [-0.39, 0.29) is 6.04 Å². The molecule has 7 nitrogen and oxygen atoms in total. The molecule has 4 aromatic rings. The summed E-state index contributed by atoms with van der Waals surface area (Å²) in [4.78, 5) is 0. The molecule has 0 fully saturated rings. The molecular formula is C17H17N5O2S. The molecule has 1 N–H and O–H groups in total. The highest BCUT2D eigenvalue weighted by Crippen LogP contribution is 2.23. The molecule has 4 aromatic heterocycles. The number of methoxy groups -OCH3 is 1. The van der Waals surface area contributed by atoms with Crippen molar-refractivity contribution in [2.75, 3.05) is 19.0 Å². The number of hydrogen-bond acceptors (Lipinski definition) is 7. The van der Waals surface area contributed by atoms with E-state index >= 15 is 0 Å². The molecule has 128 valence electrons. The summed E-state index contributed by atoms with van der Waals surface area (Å²) in [5.41, 5.74) is 1.70. The molecule has 0 amide bonds. The number of anilines is 1. The summed E-state index contributed by atoms with van der Waals surface area (Å²) >= 11 is 1.61. The molecule has 25 heavy (non-hydrogen) atoms. The predicted octanol–water partition coefficient (Wildman–Crippen LogP) is 3.55. The summed E-state index contributed by atoms with van der Waals surface area (Å²) in [6.07, 6.45) is 0. The van der Waals surface area contributed by atoms with Crippen molar-refractivity contribution < 1.29 is 9.15 Å². The van der Waals surface area contributed by atoms with Gasteiger partial charge in [-0.25, -0.2) is 0 Å². The Morgan fingerprint density at radius 3 is 2.88 bits per heavy atom. The molecule has 1 atom stereocenters. The highest BCUT2D eigenvalue weighted by molar-refractivity contribution is 7.08. The van der Waals surface area contributed by atoms with E-state index < -0.39 is 0 Å². The third-order valence-corrected chi connectivity index (χ3v) is 4.49.